The lowest BCUT2D eigenvalue weighted by molar-refractivity contribution is -0.0237. The lowest BCUT2D eigenvalue weighted by atomic mass is 9.86. The second-order valence-corrected chi connectivity index (χ2v) is 6.14. The van der Waals surface area contributed by atoms with E-state index in [-0.39, 0.29) is 11.6 Å². The van der Waals surface area contributed by atoms with Gasteiger partial charge in [0.15, 0.2) is 0 Å². The van der Waals surface area contributed by atoms with Crippen molar-refractivity contribution in [3.05, 3.63) is 24.0 Å². The van der Waals surface area contributed by atoms with Crippen LogP contribution < -0.4 is 11.1 Å². The number of nitrogens with one attached hydrogen (secondary N) is 1. The van der Waals surface area contributed by atoms with Crippen molar-refractivity contribution >= 4 is 5.69 Å². The van der Waals surface area contributed by atoms with Crippen LogP contribution >= 0.6 is 0 Å². The van der Waals surface area contributed by atoms with Gasteiger partial charge in [-0.25, -0.2) is 0 Å². The molecular formula is C16H28N4O. The summed E-state index contributed by atoms with van der Waals surface area (Å²) in [4.78, 5) is 6.75. The molecule has 3 N–H and O–H groups in total. The average molecular weight is 292 g/mol. The third-order valence-electron chi connectivity index (χ3n) is 4.33. The van der Waals surface area contributed by atoms with Crippen LogP contribution in [0.5, 0.6) is 0 Å². The minimum atomic E-state index is -0.0455. The Hall–Kier alpha value is -1.17. The van der Waals surface area contributed by atoms with Crippen LogP contribution in [0.2, 0.25) is 0 Å². The predicted molar refractivity (Wildman–Crippen MR) is 86.2 cm³/mol. The first-order chi connectivity index (χ1) is 10.1. The molecule has 1 aromatic rings. The van der Waals surface area contributed by atoms with Crippen molar-refractivity contribution in [1.82, 2.24) is 15.2 Å². The summed E-state index contributed by atoms with van der Waals surface area (Å²) < 4.78 is 5.49. The van der Waals surface area contributed by atoms with Crippen LogP contribution in [0, 0.1) is 0 Å². The first-order valence-electron chi connectivity index (χ1n) is 7.83. The van der Waals surface area contributed by atoms with Gasteiger partial charge in [0.2, 0.25) is 0 Å². The normalized spacial score (nSPS) is 18.6. The van der Waals surface area contributed by atoms with Crippen LogP contribution in [-0.2, 0) is 4.74 Å². The van der Waals surface area contributed by atoms with Gasteiger partial charge in [0, 0.05) is 42.3 Å². The van der Waals surface area contributed by atoms with E-state index < -0.39 is 0 Å². The summed E-state index contributed by atoms with van der Waals surface area (Å²) in [7, 11) is 0. The summed E-state index contributed by atoms with van der Waals surface area (Å²) in [5.41, 5.74) is 8.04. The fourth-order valence-corrected chi connectivity index (χ4v) is 3.01. The van der Waals surface area contributed by atoms with Crippen LogP contribution in [0.3, 0.4) is 0 Å². The van der Waals surface area contributed by atoms with Crippen molar-refractivity contribution in [2.45, 2.75) is 38.8 Å². The summed E-state index contributed by atoms with van der Waals surface area (Å²) in [5.74, 6) is 0. The predicted octanol–water partition coefficient (Wildman–Crippen LogP) is 1.82. The molecule has 5 nitrogen and oxygen atoms in total. The molecule has 2 rings (SSSR count). The third kappa shape index (κ3) is 3.73. The minimum Gasteiger partial charge on any atom is -0.398 e. The van der Waals surface area contributed by atoms with E-state index in [9.17, 15) is 0 Å². The molecule has 0 spiro atoms. The van der Waals surface area contributed by atoms with Gasteiger partial charge >= 0.3 is 0 Å². The molecule has 1 saturated heterocycles. The van der Waals surface area contributed by atoms with Crippen molar-refractivity contribution in [3.8, 4) is 0 Å². The van der Waals surface area contributed by atoms with E-state index in [1.165, 1.54) is 0 Å². The van der Waals surface area contributed by atoms with Crippen LogP contribution in [0.1, 0.15) is 38.8 Å². The molecule has 0 bridgehead atoms. The molecule has 1 fully saturated rings. The van der Waals surface area contributed by atoms with Gasteiger partial charge in [0.05, 0.1) is 19.3 Å². The highest BCUT2D eigenvalue weighted by Gasteiger charge is 2.37. The number of aromatic nitrogens is 1. The Balaban J connectivity index is 2.27. The van der Waals surface area contributed by atoms with E-state index in [2.05, 4.69) is 36.0 Å². The van der Waals surface area contributed by atoms with E-state index in [0.717, 1.165) is 50.5 Å². The molecule has 1 aromatic heterocycles. The molecule has 0 aliphatic carbocycles. The highest BCUT2D eigenvalue weighted by atomic mass is 16.5. The monoisotopic (exact) mass is 292 g/mol. The minimum absolute atomic E-state index is 0.0455. The van der Waals surface area contributed by atoms with E-state index in [4.69, 9.17) is 10.5 Å². The summed E-state index contributed by atoms with van der Waals surface area (Å²) in [6, 6.07) is 2.04. The zero-order chi connectivity index (χ0) is 15.3. The van der Waals surface area contributed by atoms with Gasteiger partial charge in [-0.2, -0.15) is 0 Å². The second-order valence-electron chi connectivity index (χ2n) is 6.14. The highest BCUT2D eigenvalue weighted by Crippen LogP contribution is 2.34. The van der Waals surface area contributed by atoms with Crippen LogP contribution in [0.25, 0.3) is 0 Å². The van der Waals surface area contributed by atoms with Gasteiger partial charge in [0.25, 0.3) is 0 Å². The van der Waals surface area contributed by atoms with Crippen molar-refractivity contribution in [1.29, 1.82) is 0 Å². The molecule has 0 aromatic carbocycles. The van der Waals surface area contributed by atoms with E-state index in [1.807, 2.05) is 12.3 Å². The number of pyridine rings is 1. The Morgan fingerprint density at radius 2 is 2.14 bits per heavy atom. The number of anilines is 1. The maximum absolute atomic E-state index is 6.20. The standard InChI is InChI=1S/C16H28N4O/c1-4-6-19-15(13-12-18-7-5-14(13)17)16(2,3)20-8-10-21-11-9-20/h5,7,12,15,19H,4,6,8-11H2,1-3H3,(H2,17,18). The number of nitrogens with two attached hydrogens (primary N) is 1. The van der Waals surface area contributed by atoms with Crippen molar-refractivity contribution in [2.75, 3.05) is 38.6 Å². The maximum atomic E-state index is 6.20. The first kappa shape index (κ1) is 16.2. The van der Waals surface area contributed by atoms with Gasteiger partial charge < -0.3 is 15.8 Å². The maximum Gasteiger partial charge on any atom is 0.0594 e. The number of morpholine rings is 1. The van der Waals surface area contributed by atoms with Crippen molar-refractivity contribution in [3.63, 3.8) is 0 Å². The molecule has 0 radical (unpaired) electrons. The third-order valence-corrected chi connectivity index (χ3v) is 4.33. The molecule has 118 valence electrons. The molecule has 0 amide bonds. The zero-order valence-electron chi connectivity index (χ0n) is 13.4. The van der Waals surface area contributed by atoms with E-state index in [1.54, 1.807) is 6.20 Å². The molecule has 2 heterocycles. The zero-order valence-corrected chi connectivity index (χ0v) is 13.4. The fraction of sp³-hybridized carbons (Fsp3) is 0.688. The van der Waals surface area contributed by atoms with Crippen LogP contribution in [-0.4, -0.2) is 48.3 Å². The quantitative estimate of drug-likeness (QED) is 0.837. The van der Waals surface area contributed by atoms with E-state index >= 15 is 0 Å². The molecule has 1 unspecified atom stereocenters. The van der Waals surface area contributed by atoms with Gasteiger partial charge in [-0.15, -0.1) is 0 Å². The second kappa shape index (κ2) is 7.20. The lowest BCUT2D eigenvalue weighted by Gasteiger charge is -2.46. The van der Waals surface area contributed by atoms with Crippen molar-refractivity contribution < 1.29 is 4.74 Å². The van der Waals surface area contributed by atoms with Gasteiger partial charge in [0.1, 0.15) is 0 Å². The molecule has 0 saturated carbocycles. The number of hydrogen-bond acceptors (Lipinski definition) is 5. The molecule has 1 aliphatic heterocycles. The summed E-state index contributed by atoms with van der Waals surface area (Å²) >= 11 is 0. The molecule has 1 aliphatic rings. The van der Waals surface area contributed by atoms with Crippen molar-refractivity contribution in [2.24, 2.45) is 0 Å². The number of rotatable bonds is 6. The Bertz CT molecular complexity index is 444. The largest absolute Gasteiger partial charge is 0.398 e. The van der Waals surface area contributed by atoms with E-state index in [0.29, 0.717) is 0 Å². The van der Waals surface area contributed by atoms with Crippen LogP contribution in [0.15, 0.2) is 18.5 Å². The van der Waals surface area contributed by atoms with Gasteiger partial charge in [-0.1, -0.05) is 6.92 Å². The highest BCUT2D eigenvalue weighted by molar-refractivity contribution is 5.47. The molecular weight excluding hydrogens is 264 g/mol. The number of nitrogens with zero attached hydrogens (tertiary/aromatic N) is 2. The topological polar surface area (TPSA) is 63.4 Å². The molecule has 21 heavy (non-hydrogen) atoms. The lowest BCUT2D eigenvalue weighted by Crippen LogP contribution is -2.56. The van der Waals surface area contributed by atoms with Gasteiger partial charge in [-0.3, -0.25) is 9.88 Å². The number of nitrogen functional groups attached to an aromatic ring is 1. The fourth-order valence-electron chi connectivity index (χ4n) is 3.01. The van der Waals surface area contributed by atoms with Gasteiger partial charge in [-0.05, 0) is 32.9 Å². The smallest absolute Gasteiger partial charge is 0.0594 e. The summed E-state index contributed by atoms with van der Waals surface area (Å²) in [6.45, 7) is 11.2. The molecule has 5 heteroatoms. The Morgan fingerprint density at radius 3 is 2.76 bits per heavy atom. The average Bonchev–Trinajstić information content (AvgIpc) is 2.50. The summed E-state index contributed by atoms with van der Waals surface area (Å²) in [5, 5.41) is 3.66. The van der Waals surface area contributed by atoms with Crippen LogP contribution in [0.4, 0.5) is 5.69 Å². The number of hydrogen-bond donors (Lipinski definition) is 2. The SMILES string of the molecule is CCCNC(c1cnccc1N)C(C)(C)N1CCOCC1. The summed E-state index contributed by atoms with van der Waals surface area (Å²) in [6.07, 6.45) is 4.73. The molecule has 1 atom stereocenters. The number of ether oxygens (including phenoxy) is 1. The Morgan fingerprint density at radius 1 is 1.43 bits per heavy atom. The Labute approximate surface area is 127 Å². The first-order valence-corrected chi connectivity index (χ1v) is 7.83. The Kier molecular flexibility index (Phi) is 5.56.